The molecule has 0 saturated heterocycles. The van der Waals surface area contributed by atoms with Crippen molar-refractivity contribution in [1.82, 2.24) is 9.97 Å². The van der Waals surface area contributed by atoms with E-state index in [4.69, 9.17) is 10.5 Å². The molecule has 0 aliphatic rings. The number of hydrogen-bond acceptors (Lipinski definition) is 3. The summed E-state index contributed by atoms with van der Waals surface area (Å²) in [4.78, 5) is 20.1. The summed E-state index contributed by atoms with van der Waals surface area (Å²) in [6, 6.07) is 17.9. The fourth-order valence-electron chi connectivity index (χ4n) is 3.59. The van der Waals surface area contributed by atoms with Crippen molar-refractivity contribution in [2.75, 3.05) is 7.11 Å². The maximum Gasteiger partial charge on any atom is 0.226 e. The van der Waals surface area contributed by atoms with E-state index in [9.17, 15) is 4.79 Å². The van der Waals surface area contributed by atoms with Gasteiger partial charge in [-0.3, -0.25) is 9.78 Å². The van der Waals surface area contributed by atoms with Crippen LogP contribution in [0.5, 0.6) is 5.75 Å². The van der Waals surface area contributed by atoms with Gasteiger partial charge >= 0.3 is 0 Å². The number of ether oxygens (including phenoxy) is 1. The number of carbonyl (C=O) groups is 1. The monoisotopic (exact) mass is 359 g/mol. The lowest BCUT2D eigenvalue weighted by atomic mass is 9.94. The lowest BCUT2D eigenvalue weighted by Crippen LogP contribution is -2.23. The van der Waals surface area contributed by atoms with Crippen molar-refractivity contribution in [2.24, 2.45) is 5.73 Å². The van der Waals surface area contributed by atoms with E-state index in [0.717, 1.165) is 34.0 Å². The summed E-state index contributed by atoms with van der Waals surface area (Å²) in [5.74, 6) is -0.0369. The molecule has 2 aromatic carbocycles. The Balaban J connectivity index is 1.76. The van der Waals surface area contributed by atoms with E-state index >= 15 is 0 Å². The highest BCUT2D eigenvalue weighted by molar-refractivity contribution is 6.09. The number of carbonyl (C=O) groups excluding carboxylic acids is 1. The van der Waals surface area contributed by atoms with Crippen molar-refractivity contribution in [2.45, 2.75) is 18.8 Å². The molecular weight excluding hydrogens is 338 g/mol. The lowest BCUT2D eigenvalue weighted by Gasteiger charge is -2.14. The van der Waals surface area contributed by atoms with E-state index in [-0.39, 0.29) is 5.91 Å². The molecule has 4 rings (SSSR count). The number of amides is 1. The first-order valence-electron chi connectivity index (χ1n) is 8.95. The molecule has 0 bridgehead atoms. The minimum atomic E-state index is -0.455. The third-order valence-electron chi connectivity index (χ3n) is 4.99. The number of H-pyrrole nitrogens is 1. The molecule has 0 aliphatic carbocycles. The van der Waals surface area contributed by atoms with Crippen LogP contribution in [0.15, 0.2) is 60.8 Å². The summed E-state index contributed by atoms with van der Waals surface area (Å²) in [5.41, 5.74) is 9.44. The van der Waals surface area contributed by atoms with Crippen LogP contribution in [0.4, 0.5) is 0 Å². The Kier molecular flexibility index (Phi) is 4.50. The van der Waals surface area contributed by atoms with Gasteiger partial charge in [0.2, 0.25) is 5.91 Å². The predicted molar refractivity (Wildman–Crippen MR) is 107 cm³/mol. The van der Waals surface area contributed by atoms with Gasteiger partial charge in [-0.25, -0.2) is 0 Å². The van der Waals surface area contributed by atoms with Gasteiger partial charge in [-0.1, -0.05) is 30.3 Å². The standard InChI is InChI=1S/C22H21N3O2/c1-27-15-8-10-16-17-11-12-24-20(21(17)25-19(16)13-15)18(22(23)26)9-7-14-5-3-2-4-6-14/h2-6,8,10-13,18,25H,7,9H2,1H3,(H2,23,26). The Morgan fingerprint density at radius 2 is 1.96 bits per heavy atom. The molecule has 5 nitrogen and oxygen atoms in total. The number of pyridine rings is 1. The van der Waals surface area contributed by atoms with E-state index in [0.29, 0.717) is 12.1 Å². The second-order valence-corrected chi connectivity index (χ2v) is 6.63. The quantitative estimate of drug-likeness (QED) is 0.547. The fourth-order valence-corrected chi connectivity index (χ4v) is 3.59. The SMILES string of the molecule is COc1ccc2c(c1)[nH]c1c(C(CCc3ccccc3)C(N)=O)nccc12. The van der Waals surface area contributed by atoms with Crippen molar-refractivity contribution < 1.29 is 9.53 Å². The first-order chi connectivity index (χ1) is 13.2. The van der Waals surface area contributed by atoms with Gasteiger partial charge in [0.1, 0.15) is 5.75 Å². The largest absolute Gasteiger partial charge is 0.497 e. The fraction of sp³-hybridized carbons (Fsp3) is 0.182. The minimum Gasteiger partial charge on any atom is -0.497 e. The van der Waals surface area contributed by atoms with Crippen molar-refractivity contribution >= 4 is 27.7 Å². The zero-order chi connectivity index (χ0) is 18.8. The van der Waals surface area contributed by atoms with Crippen LogP contribution in [-0.4, -0.2) is 23.0 Å². The number of aromatic amines is 1. The van der Waals surface area contributed by atoms with Crippen LogP contribution >= 0.6 is 0 Å². The number of nitrogens with two attached hydrogens (primary N) is 1. The second kappa shape index (κ2) is 7.11. The van der Waals surface area contributed by atoms with Gasteiger partial charge in [0, 0.05) is 23.0 Å². The average Bonchev–Trinajstić information content (AvgIpc) is 3.07. The number of nitrogens with zero attached hydrogens (tertiary/aromatic N) is 1. The first-order valence-corrected chi connectivity index (χ1v) is 8.95. The van der Waals surface area contributed by atoms with Crippen LogP contribution in [-0.2, 0) is 11.2 Å². The normalized spacial score (nSPS) is 12.3. The number of aromatic nitrogens is 2. The third-order valence-corrected chi connectivity index (χ3v) is 4.99. The van der Waals surface area contributed by atoms with Gasteiger partial charge in [-0.2, -0.15) is 0 Å². The zero-order valence-electron chi connectivity index (χ0n) is 15.1. The molecule has 1 amide bonds. The molecule has 2 aromatic heterocycles. The molecular formula is C22H21N3O2. The Bertz CT molecular complexity index is 1100. The highest BCUT2D eigenvalue weighted by atomic mass is 16.5. The Morgan fingerprint density at radius 3 is 2.70 bits per heavy atom. The number of methoxy groups -OCH3 is 1. The van der Waals surface area contributed by atoms with Crippen molar-refractivity contribution in [1.29, 1.82) is 0 Å². The number of benzene rings is 2. The van der Waals surface area contributed by atoms with Gasteiger partial charge < -0.3 is 15.5 Å². The molecule has 2 heterocycles. The van der Waals surface area contributed by atoms with Crippen LogP contribution in [0.25, 0.3) is 21.8 Å². The smallest absolute Gasteiger partial charge is 0.226 e. The van der Waals surface area contributed by atoms with Crippen LogP contribution < -0.4 is 10.5 Å². The van der Waals surface area contributed by atoms with Gasteiger partial charge in [-0.15, -0.1) is 0 Å². The summed E-state index contributed by atoms with van der Waals surface area (Å²) in [6.45, 7) is 0. The highest BCUT2D eigenvalue weighted by Crippen LogP contribution is 2.33. The summed E-state index contributed by atoms with van der Waals surface area (Å²) in [6.07, 6.45) is 3.12. The summed E-state index contributed by atoms with van der Waals surface area (Å²) in [5, 5.41) is 2.10. The maximum atomic E-state index is 12.2. The maximum absolute atomic E-state index is 12.2. The van der Waals surface area contributed by atoms with Crippen LogP contribution in [0.1, 0.15) is 23.6 Å². The van der Waals surface area contributed by atoms with Crippen LogP contribution in [0.3, 0.4) is 0 Å². The van der Waals surface area contributed by atoms with Gasteiger partial charge in [-0.05, 0) is 36.6 Å². The average molecular weight is 359 g/mol. The van der Waals surface area contributed by atoms with E-state index in [1.807, 2.05) is 42.5 Å². The van der Waals surface area contributed by atoms with E-state index in [1.54, 1.807) is 13.3 Å². The third kappa shape index (κ3) is 3.24. The summed E-state index contributed by atoms with van der Waals surface area (Å²) < 4.78 is 5.31. The molecule has 5 heteroatoms. The van der Waals surface area contributed by atoms with Crippen molar-refractivity contribution in [3.05, 3.63) is 72.1 Å². The predicted octanol–water partition coefficient (Wildman–Crippen LogP) is 3.93. The zero-order valence-corrected chi connectivity index (χ0v) is 15.1. The van der Waals surface area contributed by atoms with Crippen LogP contribution in [0.2, 0.25) is 0 Å². The van der Waals surface area contributed by atoms with Gasteiger partial charge in [0.25, 0.3) is 0 Å². The minimum absolute atomic E-state index is 0.359. The van der Waals surface area contributed by atoms with E-state index < -0.39 is 5.92 Å². The number of nitrogens with one attached hydrogen (secondary N) is 1. The molecule has 0 saturated carbocycles. The number of fused-ring (bicyclic) bond motifs is 3. The number of hydrogen-bond donors (Lipinski definition) is 2. The molecule has 0 spiro atoms. The van der Waals surface area contributed by atoms with E-state index in [1.165, 1.54) is 5.56 Å². The Hall–Kier alpha value is -3.34. The first kappa shape index (κ1) is 17.1. The number of rotatable bonds is 6. The van der Waals surface area contributed by atoms with Crippen molar-refractivity contribution in [3.8, 4) is 5.75 Å². The number of primary amides is 1. The van der Waals surface area contributed by atoms with E-state index in [2.05, 4.69) is 22.1 Å². The topological polar surface area (TPSA) is 81.0 Å². The van der Waals surface area contributed by atoms with Gasteiger partial charge in [0.15, 0.2) is 0 Å². The lowest BCUT2D eigenvalue weighted by molar-refractivity contribution is -0.119. The second-order valence-electron chi connectivity index (χ2n) is 6.63. The Labute approximate surface area is 157 Å². The Morgan fingerprint density at radius 1 is 1.15 bits per heavy atom. The summed E-state index contributed by atoms with van der Waals surface area (Å²) in [7, 11) is 1.64. The molecule has 1 atom stereocenters. The molecule has 136 valence electrons. The highest BCUT2D eigenvalue weighted by Gasteiger charge is 2.23. The molecule has 27 heavy (non-hydrogen) atoms. The summed E-state index contributed by atoms with van der Waals surface area (Å²) >= 11 is 0. The molecule has 0 fully saturated rings. The number of aryl methyl sites for hydroxylation is 1. The molecule has 0 aliphatic heterocycles. The van der Waals surface area contributed by atoms with Gasteiger partial charge in [0.05, 0.1) is 29.8 Å². The molecule has 4 aromatic rings. The molecule has 3 N–H and O–H groups in total. The van der Waals surface area contributed by atoms with Crippen LogP contribution in [0, 0.1) is 0 Å². The van der Waals surface area contributed by atoms with Crippen molar-refractivity contribution in [3.63, 3.8) is 0 Å². The molecule has 1 unspecified atom stereocenters. The molecule has 0 radical (unpaired) electrons.